The molecule has 6 nitrogen and oxygen atoms in total. The van der Waals surface area contributed by atoms with Gasteiger partial charge in [-0.05, 0) is 56.7 Å². The molecule has 160 valence electrons. The number of benzene rings is 1. The maximum atomic E-state index is 5.71. The minimum atomic E-state index is 0. The topological polar surface area (TPSA) is 55.3 Å². The van der Waals surface area contributed by atoms with Crippen LogP contribution in [0.15, 0.2) is 23.2 Å². The number of hydrogen-bond acceptors (Lipinski definition) is 4. The van der Waals surface area contributed by atoms with Crippen molar-refractivity contribution in [2.24, 2.45) is 10.9 Å². The maximum Gasteiger partial charge on any atom is 0.193 e. The molecule has 0 spiro atoms. The second-order valence-electron chi connectivity index (χ2n) is 6.81. The van der Waals surface area contributed by atoms with E-state index in [1.165, 1.54) is 18.4 Å². The highest BCUT2D eigenvalue weighted by molar-refractivity contribution is 14.0. The van der Waals surface area contributed by atoms with Gasteiger partial charge in [-0.25, -0.2) is 0 Å². The van der Waals surface area contributed by atoms with Crippen molar-refractivity contribution < 1.29 is 14.2 Å². The van der Waals surface area contributed by atoms with Gasteiger partial charge in [-0.15, -0.1) is 24.0 Å². The molecule has 1 N–H and O–H groups in total. The Morgan fingerprint density at radius 3 is 2.54 bits per heavy atom. The summed E-state index contributed by atoms with van der Waals surface area (Å²) in [5.74, 6) is 3.31. The van der Waals surface area contributed by atoms with Gasteiger partial charge in [0, 0.05) is 33.8 Å². The van der Waals surface area contributed by atoms with Gasteiger partial charge in [-0.3, -0.25) is 4.99 Å². The van der Waals surface area contributed by atoms with E-state index in [1.807, 2.05) is 34.0 Å². The van der Waals surface area contributed by atoms with Crippen LogP contribution in [-0.2, 0) is 11.2 Å². The first-order chi connectivity index (χ1) is 13.2. The van der Waals surface area contributed by atoms with Crippen LogP contribution in [0.1, 0.15) is 32.3 Å². The van der Waals surface area contributed by atoms with E-state index in [9.17, 15) is 0 Å². The Morgan fingerprint density at radius 2 is 1.89 bits per heavy atom. The van der Waals surface area contributed by atoms with E-state index in [0.29, 0.717) is 13.2 Å². The zero-order chi connectivity index (χ0) is 19.5. The lowest BCUT2D eigenvalue weighted by atomic mass is 10.1. The third kappa shape index (κ3) is 8.86. The Kier molecular flexibility index (Phi) is 12.3. The smallest absolute Gasteiger partial charge is 0.193 e. The van der Waals surface area contributed by atoms with E-state index in [-0.39, 0.29) is 24.0 Å². The van der Waals surface area contributed by atoms with E-state index in [1.54, 1.807) is 0 Å². The van der Waals surface area contributed by atoms with Gasteiger partial charge < -0.3 is 24.4 Å². The lowest BCUT2D eigenvalue weighted by Gasteiger charge is -2.22. The number of guanidine groups is 1. The van der Waals surface area contributed by atoms with E-state index in [4.69, 9.17) is 14.2 Å². The second kappa shape index (κ2) is 13.9. The number of aliphatic imine (C=N–C) groups is 1. The summed E-state index contributed by atoms with van der Waals surface area (Å²) in [6.07, 6.45) is 3.54. The normalized spacial score (nSPS) is 13.6. The largest absolute Gasteiger partial charge is 0.490 e. The summed E-state index contributed by atoms with van der Waals surface area (Å²) in [6, 6.07) is 6.14. The third-order valence-electron chi connectivity index (χ3n) is 4.50. The molecule has 1 fully saturated rings. The fraction of sp³-hybridized carbons (Fsp3) is 0.667. The van der Waals surface area contributed by atoms with Crippen LogP contribution in [0.4, 0.5) is 0 Å². The summed E-state index contributed by atoms with van der Waals surface area (Å²) in [5, 5.41) is 3.42. The lowest BCUT2D eigenvalue weighted by molar-refractivity contribution is 0.115. The zero-order valence-corrected chi connectivity index (χ0v) is 20.0. The molecule has 28 heavy (non-hydrogen) atoms. The number of halogens is 1. The molecule has 1 aromatic carbocycles. The van der Waals surface area contributed by atoms with Gasteiger partial charge >= 0.3 is 0 Å². The van der Waals surface area contributed by atoms with Crippen molar-refractivity contribution in [3.8, 4) is 11.5 Å². The molecule has 1 aliphatic rings. The molecule has 1 aromatic rings. The van der Waals surface area contributed by atoms with Crippen molar-refractivity contribution >= 4 is 29.9 Å². The number of likely N-dealkylation sites (N-methyl/N-ethyl adjacent to an activating group) is 1. The van der Waals surface area contributed by atoms with Gasteiger partial charge in [0.1, 0.15) is 0 Å². The molecule has 1 aliphatic carbocycles. The van der Waals surface area contributed by atoms with Crippen LogP contribution in [0.25, 0.3) is 0 Å². The van der Waals surface area contributed by atoms with E-state index >= 15 is 0 Å². The third-order valence-corrected chi connectivity index (χ3v) is 4.50. The fourth-order valence-electron chi connectivity index (χ4n) is 2.80. The number of nitrogens with zero attached hydrogens (tertiary/aromatic N) is 2. The van der Waals surface area contributed by atoms with Gasteiger partial charge in [0.15, 0.2) is 17.5 Å². The molecular weight excluding hydrogens is 469 g/mol. The van der Waals surface area contributed by atoms with Crippen LogP contribution in [0.2, 0.25) is 0 Å². The Bertz CT molecular complexity index is 594. The molecule has 7 heteroatoms. The van der Waals surface area contributed by atoms with Crippen LogP contribution >= 0.6 is 24.0 Å². The molecular formula is C21H36IN3O3. The molecule has 0 heterocycles. The molecule has 0 atom stereocenters. The first-order valence-corrected chi connectivity index (χ1v) is 10.1. The van der Waals surface area contributed by atoms with Crippen molar-refractivity contribution in [3.05, 3.63) is 23.8 Å². The average molecular weight is 505 g/mol. The van der Waals surface area contributed by atoms with Crippen LogP contribution < -0.4 is 14.8 Å². The van der Waals surface area contributed by atoms with E-state index < -0.39 is 0 Å². The summed E-state index contributed by atoms with van der Waals surface area (Å²) in [7, 11) is 3.86. The Balaban J connectivity index is 0.00000392. The van der Waals surface area contributed by atoms with Crippen molar-refractivity contribution in [2.75, 3.05) is 53.6 Å². The van der Waals surface area contributed by atoms with Gasteiger partial charge in [0.05, 0.1) is 19.8 Å². The minimum Gasteiger partial charge on any atom is -0.490 e. The molecule has 2 rings (SSSR count). The van der Waals surface area contributed by atoms with E-state index in [2.05, 4.69) is 27.3 Å². The predicted octanol–water partition coefficient (Wildman–Crippen LogP) is 3.58. The quantitative estimate of drug-likeness (QED) is 0.204. The average Bonchev–Trinajstić information content (AvgIpc) is 3.49. The standard InChI is InChI=1S/C21H35N3O3.HI/c1-5-26-19-10-9-17(15-20(19)27-6-2)11-12-23-21(22-3)24(4)13-14-25-16-18-7-8-18;/h9-10,15,18H,5-8,11-14,16H2,1-4H3,(H,22,23);1H. The van der Waals surface area contributed by atoms with Crippen LogP contribution in [0.5, 0.6) is 11.5 Å². The Morgan fingerprint density at radius 1 is 1.18 bits per heavy atom. The first-order valence-electron chi connectivity index (χ1n) is 10.1. The molecule has 0 radical (unpaired) electrons. The summed E-state index contributed by atoms with van der Waals surface area (Å²) < 4.78 is 17.0. The van der Waals surface area contributed by atoms with Gasteiger partial charge in [-0.2, -0.15) is 0 Å². The Hall–Kier alpha value is -1.22. The number of rotatable bonds is 12. The molecule has 0 bridgehead atoms. The summed E-state index contributed by atoms with van der Waals surface area (Å²) in [5.41, 5.74) is 1.21. The van der Waals surface area contributed by atoms with Crippen molar-refractivity contribution in [1.29, 1.82) is 0 Å². The molecule has 0 aliphatic heterocycles. The first kappa shape index (κ1) is 24.8. The predicted molar refractivity (Wildman–Crippen MR) is 125 cm³/mol. The second-order valence-corrected chi connectivity index (χ2v) is 6.81. The molecule has 0 saturated heterocycles. The minimum absolute atomic E-state index is 0. The van der Waals surface area contributed by atoms with Crippen molar-refractivity contribution in [2.45, 2.75) is 33.1 Å². The van der Waals surface area contributed by atoms with E-state index in [0.717, 1.165) is 56.1 Å². The van der Waals surface area contributed by atoms with Gasteiger partial charge in [0.2, 0.25) is 0 Å². The van der Waals surface area contributed by atoms with Crippen LogP contribution in [-0.4, -0.2) is 64.5 Å². The van der Waals surface area contributed by atoms with Crippen LogP contribution in [0.3, 0.4) is 0 Å². The van der Waals surface area contributed by atoms with Gasteiger partial charge in [0.25, 0.3) is 0 Å². The highest BCUT2D eigenvalue weighted by atomic mass is 127. The molecule has 0 unspecified atom stereocenters. The summed E-state index contributed by atoms with van der Waals surface area (Å²) >= 11 is 0. The van der Waals surface area contributed by atoms with Crippen molar-refractivity contribution in [1.82, 2.24) is 10.2 Å². The number of nitrogens with one attached hydrogen (secondary N) is 1. The number of ether oxygens (including phenoxy) is 3. The lowest BCUT2D eigenvalue weighted by Crippen LogP contribution is -2.41. The number of hydrogen-bond donors (Lipinski definition) is 1. The molecule has 1 saturated carbocycles. The highest BCUT2D eigenvalue weighted by Crippen LogP contribution is 2.29. The molecule has 0 amide bonds. The fourth-order valence-corrected chi connectivity index (χ4v) is 2.80. The zero-order valence-electron chi connectivity index (χ0n) is 17.7. The monoisotopic (exact) mass is 505 g/mol. The van der Waals surface area contributed by atoms with Crippen LogP contribution in [0, 0.1) is 5.92 Å². The summed E-state index contributed by atoms with van der Waals surface area (Å²) in [4.78, 5) is 6.47. The summed E-state index contributed by atoms with van der Waals surface area (Å²) in [6.45, 7) is 8.51. The maximum absolute atomic E-state index is 5.71. The Labute approximate surface area is 187 Å². The van der Waals surface area contributed by atoms with Gasteiger partial charge in [-0.1, -0.05) is 6.07 Å². The molecule has 0 aromatic heterocycles. The highest BCUT2D eigenvalue weighted by Gasteiger charge is 2.21. The SMILES string of the molecule is CCOc1ccc(CCNC(=NC)N(C)CCOCC2CC2)cc1OCC.I. The van der Waals surface area contributed by atoms with Crippen molar-refractivity contribution in [3.63, 3.8) is 0 Å².